The zero-order valence-corrected chi connectivity index (χ0v) is 14.5. The van der Waals surface area contributed by atoms with Crippen molar-refractivity contribution >= 4 is 34.1 Å². The first kappa shape index (κ1) is 15.7. The number of hydrogen-bond donors (Lipinski definition) is 1. The third-order valence-corrected chi connectivity index (χ3v) is 5.48. The summed E-state index contributed by atoms with van der Waals surface area (Å²) in [6, 6.07) is 1.80. The maximum Gasteiger partial charge on any atom is 0.259 e. The molecular formula is C15H15N5OS2. The summed E-state index contributed by atoms with van der Waals surface area (Å²) in [4.78, 5) is 20.9. The molecule has 3 aromatic rings. The lowest BCUT2D eigenvalue weighted by molar-refractivity contribution is 0.102. The second kappa shape index (κ2) is 6.51. The van der Waals surface area contributed by atoms with Gasteiger partial charge in [-0.15, -0.1) is 11.8 Å². The summed E-state index contributed by atoms with van der Waals surface area (Å²) >= 11 is 3.10. The van der Waals surface area contributed by atoms with E-state index in [0.29, 0.717) is 10.7 Å². The molecule has 0 saturated carbocycles. The fourth-order valence-corrected chi connectivity index (χ4v) is 3.69. The van der Waals surface area contributed by atoms with Gasteiger partial charge in [0, 0.05) is 36.8 Å². The predicted molar refractivity (Wildman–Crippen MR) is 93.0 cm³/mol. The van der Waals surface area contributed by atoms with E-state index in [9.17, 15) is 4.79 Å². The van der Waals surface area contributed by atoms with Gasteiger partial charge in [0.1, 0.15) is 0 Å². The molecule has 8 heteroatoms. The van der Waals surface area contributed by atoms with Crippen LogP contribution in [0.25, 0.3) is 11.1 Å². The van der Waals surface area contributed by atoms with Crippen LogP contribution in [-0.2, 0) is 7.05 Å². The summed E-state index contributed by atoms with van der Waals surface area (Å²) in [6.45, 7) is 1.93. The topological polar surface area (TPSA) is 72.7 Å². The standard InChI is InChI=1S/C15H15N5OS2/c1-9-14(22-3)23-15(18-9)19-13(21)11-4-10(5-16-6-11)12-7-17-20(2)8-12/h4-8H,1-3H3,(H,18,19,21). The lowest BCUT2D eigenvalue weighted by atomic mass is 10.1. The van der Waals surface area contributed by atoms with Crippen LogP contribution in [0.15, 0.2) is 35.1 Å². The molecule has 3 rings (SSSR count). The van der Waals surface area contributed by atoms with Crippen LogP contribution in [0.1, 0.15) is 16.1 Å². The number of aryl methyl sites for hydroxylation is 2. The van der Waals surface area contributed by atoms with Crippen molar-refractivity contribution in [2.75, 3.05) is 11.6 Å². The molecule has 0 aromatic carbocycles. The molecule has 23 heavy (non-hydrogen) atoms. The molecule has 118 valence electrons. The fraction of sp³-hybridized carbons (Fsp3) is 0.200. The highest BCUT2D eigenvalue weighted by molar-refractivity contribution is 8.00. The maximum atomic E-state index is 12.4. The quantitative estimate of drug-likeness (QED) is 0.735. The van der Waals surface area contributed by atoms with Crippen LogP contribution < -0.4 is 5.32 Å². The van der Waals surface area contributed by atoms with E-state index in [4.69, 9.17) is 0 Å². The van der Waals surface area contributed by atoms with Crippen molar-refractivity contribution < 1.29 is 4.79 Å². The molecule has 0 aliphatic carbocycles. The highest BCUT2D eigenvalue weighted by atomic mass is 32.2. The summed E-state index contributed by atoms with van der Waals surface area (Å²) in [5.41, 5.74) is 3.19. The Labute approximate surface area is 142 Å². The summed E-state index contributed by atoms with van der Waals surface area (Å²) in [6.07, 6.45) is 8.88. The molecular weight excluding hydrogens is 330 g/mol. The van der Waals surface area contributed by atoms with Crippen LogP contribution in [-0.4, -0.2) is 31.9 Å². The highest BCUT2D eigenvalue weighted by Gasteiger charge is 2.13. The lowest BCUT2D eigenvalue weighted by Crippen LogP contribution is -2.12. The molecule has 1 amide bonds. The first-order chi connectivity index (χ1) is 11.1. The molecule has 0 aliphatic rings. The number of nitrogens with one attached hydrogen (secondary N) is 1. The summed E-state index contributed by atoms with van der Waals surface area (Å²) in [5, 5.41) is 7.57. The molecule has 3 heterocycles. The van der Waals surface area contributed by atoms with Crippen molar-refractivity contribution in [2.45, 2.75) is 11.1 Å². The van der Waals surface area contributed by atoms with Crippen molar-refractivity contribution in [1.82, 2.24) is 19.7 Å². The van der Waals surface area contributed by atoms with Crippen LogP contribution in [0.4, 0.5) is 5.13 Å². The van der Waals surface area contributed by atoms with Gasteiger partial charge in [0.2, 0.25) is 0 Å². The van der Waals surface area contributed by atoms with E-state index in [1.54, 1.807) is 41.1 Å². The third kappa shape index (κ3) is 3.43. The summed E-state index contributed by atoms with van der Waals surface area (Å²) in [5.74, 6) is -0.218. The number of carbonyl (C=O) groups excluding carboxylic acids is 1. The number of aromatic nitrogens is 4. The Morgan fingerprint density at radius 3 is 2.78 bits per heavy atom. The molecule has 0 saturated heterocycles. The Balaban J connectivity index is 1.82. The van der Waals surface area contributed by atoms with E-state index in [1.165, 1.54) is 11.3 Å². The van der Waals surface area contributed by atoms with Crippen molar-refractivity contribution in [2.24, 2.45) is 7.05 Å². The predicted octanol–water partition coefficient (Wildman–Crippen LogP) is 3.22. The van der Waals surface area contributed by atoms with Crippen molar-refractivity contribution in [3.8, 4) is 11.1 Å². The van der Waals surface area contributed by atoms with Gasteiger partial charge in [-0.2, -0.15) is 5.10 Å². The minimum Gasteiger partial charge on any atom is -0.298 e. The normalized spacial score (nSPS) is 10.7. The van der Waals surface area contributed by atoms with Crippen molar-refractivity contribution in [3.05, 3.63) is 42.1 Å². The maximum absolute atomic E-state index is 12.4. The number of amides is 1. The van der Waals surface area contributed by atoms with Gasteiger partial charge in [-0.25, -0.2) is 4.98 Å². The molecule has 0 aliphatic heterocycles. The van der Waals surface area contributed by atoms with E-state index >= 15 is 0 Å². The van der Waals surface area contributed by atoms with Crippen LogP contribution in [0.5, 0.6) is 0 Å². The smallest absolute Gasteiger partial charge is 0.259 e. The molecule has 0 unspecified atom stereocenters. The fourth-order valence-electron chi connectivity index (χ4n) is 2.09. The molecule has 6 nitrogen and oxygen atoms in total. The number of hydrogen-bond acceptors (Lipinski definition) is 6. The zero-order valence-electron chi connectivity index (χ0n) is 12.9. The Kier molecular flexibility index (Phi) is 4.44. The van der Waals surface area contributed by atoms with Crippen LogP contribution in [0.2, 0.25) is 0 Å². The van der Waals surface area contributed by atoms with Gasteiger partial charge in [0.25, 0.3) is 5.91 Å². The van der Waals surface area contributed by atoms with E-state index in [-0.39, 0.29) is 5.91 Å². The Hall–Kier alpha value is -2.19. The van der Waals surface area contributed by atoms with Gasteiger partial charge in [-0.1, -0.05) is 11.3 Å². The molecule has 3 aromatic heterocycles. The van der Waals surface area contributed by atoms with Crippen LogP contribution in [0.3, 0.4) is 0 Å². The van der Waals surface area contributed by atoms with E-state index in [1.807, 2.05) is 26.4 Å². The van der Waals surface area contributed by atoms with E-state index in [0.717, 1.165) is 21.0 Å². The zero-order chi connectivity index (χ0) is 16.4. The number of pyridine rings is 1. The molecule has 0 radical (unpaired) electrons. The monoisotopic (exact) mass is 345 g/mol. The Morgan fingerprint density at radius 1 is 1.30 bits per heavy atom. The Bertz CT molecular complexity index is 855. The number of anilines is 1. The van der Waals surface area contributed by atoms with Crippen LogP contribution in [0, 0.1) is 6.92 Å². The molecule has 0 fully saturated rings. The number of nitrogens with zero attached hydrogens (tertiary/aromatic N) is 4. The van der Waals surface area contributed by atoms with Crippen molar-refractivity contribution in [3.63, 3.8) is 0 Å². The molecule has 1 N–H and O–H groups in total. The summed E-state index contributed by atoms with van der Waals surface area (Å²) < 4.78 is 2.81. The largest absolute Gasteiger partial charge is 0.298 e. The second-order valence-electron chi connectivity index (χ2n) is 4.92. The average molecular weight is 345 g/mol. The van der Waals surface area contributed by atoms with Crippen molar-refractivity contribution in [1.29, 1.82) is 0 Å². The third-order valence-electron chi connectivity index (χ3n) is 3.20. The second-order valence-corrected chi connectivity index (χ2v) is 6.99. The average Bonchev–Trinajstić information content (AvgIpc) is 3.13. The number of thioether (sulfide) groups is 1. The van der Waals surface area contributed by atoms with Gasteiger partial charge in [-0.3, -0.25) is 19.8 Å². The highest BCUT2D eigenvalue weighted by Crippen LogP contribution is 2.30. The van der Waals surface area contributed by atoms with E-state index in [2.05, 4.69) is 20.4 Å². The van der Waals surface area contributed by atoms with E-state index < -0.39 is 0 Å². The van der Waals surface area contributed by atoms with Gasteiger partial charge in [-0.05, 0) is 19.2 Å². The first-order valence-corrected chi connectivity index (χ1v) is 8.88. The van der Waals surface area contributed by atoms with Gasteiger partial charge in [0.15, 0.2) is 5.13 Å². The number of carbonyl (C=O) groups is 1. The van der Waals surface area contributed by atoms with Gasteiger partial charge < -0.3 is 0 Å². The number of rotatable bonds is 4. The SMILES string of the molecule is CSc1sc(NC(=O)c2cncc(-c3cnn(C)c3)c2)nc1C. The Morgan fingerprint density at radius 2 is 2.13 bits per heavy atom. The van der Waals surface area contributed by atoms with Crippen LogP contribution >= 0.6 is 23.1 Å². The lowest BCUT2D eigenvalue weighted by Gasteiger charge is -2.03. The van der Waals surface area contributed by atoms with Gasteiger partial charge in [0.05, 0.1) is 21.7 Å². The summed E-state index contributed by atoms with van der Waals surface area (Å²) in [7, 11) is 1.85. The minimum absolute atomic E-state index is 0.218. The molecule has 0 bridgehead atoms. The first-order valence-electron chi connectivity index (χ1n) is 6.83. The van der Waals surface area contributed by atoms with Gasteiger partial charge >= 0.3 is 0 Å². The molecule has 0 spiro atoms. The minimum atomic E-state index is -0.218. The number of thiazole rings is 1. The molecule has 0 atom stereocenters.